The van der Waals surface area contributed by atoms with E-state index in [0.717, 1.165) is 46.8 Å². The Morgan fingerprint density at radius 2 is 1.70 bits per heavy atom. The molecule has 0 saturated heterocycles. The van der Waals surface area contributed by atoms with Crippen molar-refractivity contribution in [2.24, 2.45) is 11.8 Å². The van der Waals surface area contributed by atoms with E-state index in [0.29, 0.717) is 12.5 Å². The number of benzene rings is 2. The standard InChI is InChI=1S/C20H22FN3O.C8H10O3S/c1-12-8-16(12)10-24-14(3)13(2)18-9-22-23-20(19(18)24)25-11-15-4-6-17(21)7-5-15;1-2-7-3-5-8(6-4-7)12(9,10)11/h4-7,9,12,16H,8,10-11H2,1-3H3;3-6H,2H2,1H3,(H,9,10,11)/t12-,16+;/m0./s1. The molecule has 2 atom stereocenters. The zero-order valence-electron chi connectivity index (χ0n) is 21.5. The third-order valence-corrected chi connectivity index (χ3v) is 7.89. The summed E-state index contributed by atoms with van der Waals surface area (Å²) in [7, 11) is -4.03. The third-order valence-electron chi connectivity index (χ3n) is 7.03. The Morgan fingerprint density at radius 1 is 1.08 bits per heavy atom. The lowest BCUT2D eigenvalue weighted by Gasteiger charge is -2.11. The molecule has 1 aliphatic carbocycles. The van der Waals surface area contributed by atoms with Crippen LogP contribution in [-0.4, -0.2) is 27.7 Å². The summed E-state index contributed by atoms with van der Waals surface area (Å²) in [6, 6.07) is 12.5. The summed E-state index contributed by atoms with van der Waals surface area (Å²) in [6.07, 6.45) is 3.95. The highest BCUT2D eigenvalue weighted by molar-refractivity contribution is 7.85. The van der Waals surface area contributed by atoms with Gasteiger partial charge in [0.15, 0.2) is 0 Å². The highest BCUT2D eigenvalue weighted by Gasteiger charge is 2.34. The Hall–Kier alpha value is -3.30. The number of hydrogen-bond acceptors (Lipinski definition) is 5. The van der Waals surface area contributed by atoms with Crippen molar-refractivity contribution >= 4 is 21.0 Å². The molecule has 4 aromatic rings. The first-order chi connectivity index (χ1) is 17.6. The maximum Gasteiger partial charge on any atom is 0.294 e. The molecule has 0 spiro atoms. The topological polar surface area (TPSA) is 94.3 Å². The van der Waals surface area contributed by atoms with Crippen molar-refractivity contribution in [3.63, 3.8) is 0 Å². The lowest BCUT2D eigenvalue weighted by atomic mass is 10.2. The minimum Gasteiger partial charge on any atom is -0.470 e. The van der Waals surface area contributed by atoms with E-state index in [4.69, 9.17) is 9.29 Å². The number of ether oxygens (including phenoxy) is 1. The summed E-state index contributed by atoms with van der Waals surface area (Å²) in [5, 5.41) is 9.44. The number of fused-ring (bicyclic) bond motifs is 1. The van der Waals surface area contributed by atoms with E-state index >= 15 is 0 Å². The quantitative estimate of drug-likeness (QED) is 0.301. The lowest BCUT2D eigenvalue weighted by Crippen LogP contribution is -2.06. The fourth-order valence-electron chi connectivity index (χ4n) is 4.31. The van der Waals surface area contributed by atoms with Gasteiger partial charge in [-0.15, -0.1) is 5.10 Å². The molecule has 1 N–H and O–H groups in total. The van der Waals surface area contributed by atoms with E-state index < -0.39 is 10.1 Å². The van der Waals surface area contributed by atoms with Crippen molar-refractivity contribution in [3.8, 4) is 5.88 Å². The summed E-state index contributed by atoms with van der Waals surface area (Å²) in [6.45, 7) is 9.88. The van der Waals surface area contributed by atoms with Crippen molar-refractivity contribution in [1.29, 1.82) is 0 Å². The second-order valence-corrected chi connectivity index (χ2v) is 11.0. The summed E-state index contributed by atoms with van der Waals surface area (Å²) in [5.74, 6) is 1.82. The molecule has 196 valence electrons. The summed E-state index contributed by atoms with van der Waals surface area (Å²) in [5.41, 5.74) is 5.44. The first-order valence-corrected chi connectivity index (χ1v) is 13.8. The monoisotopic (exact) mass is 525 g/mol. The van der Waals surface area contributed by atoms with Gasteiger partial charge in [0.05, 0.1) is 11.1 Å². The minimum absolute atomic E-state index is 0.0558. The van der Waals surface area contributed by atoms with Crippen LogP contribution < -0.4 is 4.74 Å². The van der Waals surface area contributed by atoms with Gasteiger partial charge in [0.2, 0.25) is 0 Å². The van der Waals surface area contributed by atoms with Crippen LogP contribution in [0.3, 0.4) is 0 Å². The van der Waals surface area contributed by atoms with E-state index in [1.165, 1.54) is 41.9 Å². The first-order valence-electron chi connectivity index (χ1n) is 12.3. The fourth-order valence-corrected chi connectivity index (χ4v) is 4.79. The van der Waals surface area contributed by atoms with Crippen molar-refractivity contribution in [3.05, 3.63) is 82.9 Å². The normalized spacial score (nSPS) is 16.8. The zero-order valence-corrected chi connectivity index (χ0v) is 22.3. The molecule has 7 nitrogen and oxygen atoms in total. The molecule has 0 amide bonds. The Kier molecular flexibility index (Phi) is 7.94. The molecule has 37 heavy (non-hydrogen) atoms. The molecule has 2 aromatic heterocycles. The van der Waals surface area contributed by atoms with Gasteiger partial charge in [0.25, 0.3) is 16.0 Å². The van der Waals surface area contributed by atoms with Crippen molar-refractivity contribution in [2.45, 2.75) is 58.6 Å². The van der Waals surface area contributed by atoms with Gasteiger partial charge in [-0.2, -0.15) is 13.5 Å². The molecule has 1 fully saturated rings. The second-order valence-electron chi connectivity index (χ2n) is 9.59. The first kappa shape index (κ1) is 26.8. The van der Waals surface area contributed by atoms with Gasteiger partial charge in [-0.25, -0.2) is 4.39 Å². The fraction of sp³-hybridized carbons (Fsp3) is 0.357. The predicted molar refractivity (Wildman–Crippen MR) is 141 cm³/mol. The lowest BCUT2D eigenvalue weighted by molar-refractivity contribution is 0.292. The number of aryl methyl sites for hydroxylation is 2. The molecule has 1 saturated carbocycles. The van der Waals surface area contributed by atoms with Gasteiger partial charge in [-0.1, -0.05) is 38.1 Å². The predicted octanol–water partition coefficient (Wildman–Crippen LogP) is 5.92. The van der Waals surface area contributed by atoms with E-state index in [9.17, 15) is 12.8 Å². The highest BCUT2D eigenvalue weighted by atomic mass is 32.2. The average Bonchev–Trinajstić information content (AvgIpc) is 3.53. The number of nitrogens with zero attached hydrogens (tertiary/aromatic N) is 3. The van der Waals surface area contributed by atoms with Gasteiger partial charge in [0, 0.05) is 17.6 Å². The molecular formula is C28H32FN3O4S. The Labute approximate surface area is 217 Å². The smallest absolute Gasteiger partial charge is 0.294 e. The molecule has 0 aliphatic heterocycles. The van der Waals surface area contributed by atoms with Crippen molar-refractivity contribution < 1.29 is 22.1 Å². The van der Waals surface area contributed by atoms with Crippen LogP contribution in [0.15, 0.2) is 59.6 Å². The highest BCUT2D eigenvalue weighted by Crippen LogP contribution is 2.41. The Balaban J connectivity index is 0.000000225. The van der Waals surface area contributed by atoms with Crippen LogP contribution in [0.25, 0.3) is 10.9 Å². The van der Waals surface area contributed by atoms with Crippen LogP contribution in [-0.2, 0) is 29.7 Å². The SMILES string of the molecule is CCc1ccc(S(=O)(=O)O)cc1.Cc1c(C)n(C[C@H]2C[C@@H]2C)c2c(OCc3ccc(F)cc3)nncc12. The van der Waals surface area contributed by atoms with Crippen LogP contribution in [0.1, 0.15) is 42.7 Å². The average molecular weight is 526 g/mol. The van der Waals surface area contributed by atoms with E-state index in [-0.39, 0.29) is 10.7 Å². The Morgan fingerprint density at radius 3 is 2.27 bits per heavy atom. The number of aromatic nitrogens is 3. The molecule has 2 aromatic carbocycles. The van der Waals surface area contributed by atoms with Crippen molar-refractivity contribution in [1.82, 2.24) is 14.8 Å². The van der Waals surface area contributed by atoms with Gasteiger partial charge in [0.1, 0.15) is 17.9 Å². The molecule has 2 heterocycles. The van der Waals surface area contributed by atoms with Crippen LogP contribution in [0.5, 0.6) is 5.88 Å². The maximum absolute atomic E-state index is 13.1. The third kappa shape index (κ3) is 6.34. The molecule has 5 rings (SSSR count). The van der Waals surface area contributed by atoms with Gasteiger partial charge >= 0.3 is 0 Å². The maximum atomic E-state index is 13.1. The molecule has 0 bridgehead atoms. The van der Waals surface area contributed by atoms with Crippen molar-refractivity contribution in [2.75, 3.05) is 0 Å². The molecule has 0 radical (unpaired) electrons. The minimum atomic E-state index is -4.03. The zero-order chi connectivity index (χ0) is 26.7. The number of rotatable bonds is 7. The number of hydrogen-bond donors (Lipinski definition) is 1. The molecular weight excluding hydrogens is 493 g/mol. The van der Waals surface area contributed by atoms with Crippen LogP contribution in [0.2, 0.25) is 0 Å². The van der Waals surface area contributed by atoms with E-state index in [1.807, 2.05) is 13.1 Å². The van der Waals surface area contributed by atoms with E-state index in [1.54, 1.807) is 24.3 Å². The molecule has 1 aliphatic rings. The summed E-state index contributed by atoms with van der Waals surface area (Å²) >= 11 is 0. The van der Waals surface area contributed by atoms with Gasteiger partial charge < -0.3 is 9.30 Å². The molecule has 9 heteroatoms. The molecule has 0 unspecified atom stereocenters. The van der Waals surface area contributed by atoms with Gasteiger partial charge in [-0.3, -0.25) is 4.55 Å². The van der Waals surface area contributed by atoms with Crippen LogP contribution >= 0.6 is 0 Å². The van der Waals surface area contributed by atoms with Crippen LogP contribution in [0.4, 0.5) is 4.39 Å². The summed E-state index contributed by atoms with van der Waals surface area (Å²) < 4.78 is 51.1. The van der Waals surface area contributed by atoms with Crippen LogP contribution in [0, 0.1) is 31.5 Å². The second kappa shape index (κ2) is 11.0. The number of halogens is 1. The largest absolute Gasteiger partial charge is 0.470 e. The summed E-state index contributed by atoms with van der Waals surface area (Å²) in [4.78, 5) is -0.0558. The van der Waals surface area contributed by atoms with Gasteiger partial charge in [-0.05, 0) is 79.5 Å². The van der Waals surface area contributed by atoms with E-state index in [2.05, 4.69) is 35.5 Å². The Bertz CT molecular complexity index is 1480.